The summed E-state index contributed by atoms with van der Waals surface area (Å²) in [7, 11) is 0. The molecule has 0 spiro atoms. The van der Waals surface area contributed by atoms with Crippen LogP contribution in [0.25, 0.3) is 22.0 Å². The third-order valence-corrected chi connectivity index (χ3v) is 3.48. The number of fused-ring (bicyclic) bond motifs is 1. The van der Waals surface area contributed by atoms with Gasteiger partial charge in [0.1, 0.15) is 0 Å². The van der Waals surface area contributed by atoms with Crippen LogP contribution in [0, 0.1) is 0 Å². The summed E-state index contributed by atoms with van der Waals surface area (Å²) in [4.78, 5) is 0. The first-order chi connectivity index (χ1) is 9.33. The van der Waals surface area contributed by atoms with Crippen molar-refractivity contribution in [1.29, 1.82) is 0 Å². The monoisotopic (exact) mass is 253 g/mol. The minimum absolute atomic E-state index is 0.832. The van der Waals surface area contributed by atoms with Crippen LogP contribution in [0.2, 0.25) is 0 Å². The molecule has 3 N–H and O–H groups in total. The second-order valence-electron chi connectivity index (χ2n) is 4.60. The molecule has 0 bridgehead atoms. The second-order valence-corrected chi connectivity index (χ2v) is 4.60. The molecule has 0 aliphatic rings. The van der Waals surface area contributed by atoms with Gasteiger partial charge in [-0.3, -0.25) is 0 Å². The van der Waals surface area contributed by atoms with E-state index in [-0.39, 0.29) is 0 Å². The van der Waals surface area contributed by atoms with Gasteiger partial charge in [0, 0.05) is 41.3 Å². The first kappa shape index (κ1) is 12.0. The van der Waals surface area contributed by atoms with E-state index in [2.05, 4.69) is 35.9 Å². The topological polar surface area (TPSA) is 41.8 Å². The van der Waals surface area contributed by atoms with E-state index in [1.165, 1.54) is 22.0 Å². The minimum Gasteiger partial charge on any atom is -0.347 e. The van der Waals surface area contributed by atoms with Crippen LogP contribution in [0.15, 0.2) is 54.7 Å². The number of hydrogen-bond donors (Lipinski definition) is 2. The normalized spacial score (nSPS) is 11.1. The van der Waals surface area contributed by atoms with E-state index < -0.39 is 0 Å². The zero-order valence-corrected chi connectivity index (χ0v) is 10.9. The zero-order valence-electron chi connectivity index (χ0n) is 10.9. The number of benzene rings is 2. The van der Waals surface area contributed by atoms with Crippen molar-refractivity contribution in [3.8, 4) is 11.1 Å². The SMILES string of the molecule is CCn1cc(-c2ccccc2)c2cc([NH2+]O)ccc21. The number of aryl methyl sites for hydroxylation is 1. The molecule has 3 heteroatoms. The lowest BCUT2D eigenvalue weighted by Crippen LogP contribution is -2.73. The molecule has 96 valence electrons. The molecule has 3 aromatic rings. The third-order valence-electron chi connectivity index (χ3n) is 3.48. The van der Waals surface area contributed by atoms with Crippen LogP contribution in [0.5, 0.6) is 0 Å². The molecule has 0 unspecified atom stereocenters. The molecule has 0 atom stereocenters. The summed E-state index contributed by atoms with van der Waals surface area (Å²) >= 11 is 0. The van der Waals surface area contributed by atoms with Gasteiger partial charge in [0.25, 0.3) is 0 Å². The summed E-state index contributed by atoms with van der Waals surface area (Å²) in [5, 5.41) is 10.4. The molecule has 3 rings (SSSR count). The van der Waals surface area contributed by atoms with Crippen LogP contribution in [-0.4, -0.2) is 9.77 Å². The van der Waals surface area contributed by atoms with Crippen LogP contribution in [0.3, 0.4) is 0 Å². The van der Waals surface area contributed by atoms with Crippen molar-refractivity contribution < 1.29 is 10.7 Å². The average molecular weight is 253 g/mol. The summed E-state index contributed by atoms with van der Waals surface area (Å²) in [6, 6.07) is 16.4. The molecule has 2 aromatic carbocycles. The van der Waals surface area contributed by atoms with Gasteiger partial charge in [-0.25, -0.2) is 5.21 Å². The van der Waals surface area contributed by atoms with E-state index >= 15 is 0 Å². The predicted octanol–water partition coefficient (Wildman–Crippen LogP) is 2.91. The van der Waals surface area contributed by atoms with E-state index in [9.17, 15) is 5.21 Å². The summed E-state index contributed by atoms with van der Waals surface area (Å²) in [5.41, 5.74) is 5.60. The van der Waals surface area contributed by atoms with Crippen molar-refractivity contribution in [2.45, 2.75) is 13.5 Å². The fourth-order valence-corrected chi connectivity index (χ4v) is 2.50. The largest absolute Gasteiger partial charge is 0.347 e. The number of aromatic nitrogens is 1. The molecule has 0 aliphatic carbocycles. The Balaban J connectivity index is 2.29. The predicted molar refractivity (Wildman–Crippen MR) is 76.4 cm³/mol. The number of nitrogens with zero attached hydrogens (tertiary/aromatic N) is 1. The summed E-state index contributed by atoms with van der Waals surface area (Å²) in [6.07, 6.45) is 2.18. The Morgan fingerprint density at radius 1 is 1.11 bits per heavy atom. The van der Waals surface area contributed by atoms with Gasteiger partial charge in [-0.1, -0.05) is 30.3 Å². The lowest BCUT2D eigenvalue weighted by Gasteiger charge is -2.00. The Kier molecular flexibility index (Phi) is 3.07. The summed E-state index contributed by atoms with van der Waals surface area (Å²) in [5.74, 6) is 0. The Hall–Kier alpha value is -2.10. The highest BCUT2D eigenvalue weighted by Gasteiger charge is 2.11. The van der Waals surface area contributed by atoms with E-state index in [1.54, 1.807) is 0 Å². The van der Waals surface area contributed by atoms with Gasteiger partial charge in [0.05, 0.1) is 0 Å². The first-order valence-electron chi connectivity index (χ1n) is 6.49. The van der Waals surface area contributed by atoms with Crippen LogP contribution in [0.1, 0.15) is 6.92 Å². The highest BCUT2D eigenvalue weighted by Crippen LogP contribution is 2.31. The highest BCUT2D eigenvalue weighted by molar-refractivity contribution is 5.97. The average Bonchev–Trinajstić information content (AvgIpc) is 2.86. The number of hydrogen-bond acceptors (Lipinski definition) is 1. The quantitative estimate of drug-likeness (QED) is 0.547. The molecule has 3 nitrogen and oxygen atoms in total. The zero-order chi connectivity index (χ0) is 13.2. The fraction of sp³-hybridized carbons (Fsp3) is 0.125. The Morgan fingerprint density at radius 2 is 1.89 bits per heavy atom. The molecule has 1 aromatic heterocycles. The van der Waals surface area contributed by atoms with E-state index in [1.807, 2.05) is 30.3 Å². The molecule has 19 heavy (non-hydrogen) atoms. The van der Waals surface area contributed by atoms with Crippen molar-refractivity contribution in [3.63, 3.8) is 0 Å². The number of rotatable bonds is 3. The molecule has 0 saturated heterocycles. The van der Waals surface area contributed by atoms with Crippen molar-refractivity contribution in [3.05, 3.63) is 54.7 Å². The van der Waals surface area contributed by atoms with E-state index in [0.29, 0.717) is 0 Å². The van der Waals surface area contributed by atoms with Gasteiger partial charge < -0.3 is 4.57 Å². The minimum atomic E-state index is 0.832. The third kappa shape index (κ3) is 2.03. The van der Waals surface area contributed by atoms with Crippen molar-refractivity contribution in [1.82, 2.24) is 4.57 Å². The Bertz CT molecular complexity index is 701. The van der Waals surface area contributed by atoms with Crippen molar-refractivity contribution in [2.24, 2.45) is 0 Å². The number of quaternary nitrogens is 1. The molecule has 0 amide bonds. The lowest BCUT2D eigenvalue weighted by atomic mass is 10.0. The molecule has 1 heterocycles. The van der Waals surface area contributed by atoms with E-state index in [0.717, 1.165) is 17.7 Å². The van der Waals surface area contributed by atoms with Crippen LogP contribution in [0.4, 0.5) is 5.69 Å². The summed E-state index contributed by atoms with van der Waals surface area (Å²) < 4.78 is 2.23. The molecule has 0 aliphatic heterocycles. The molecular weight excluding hydrogens is 236 g/mol. The maximum Gasteiger partial charge on any atom is 0.162 e. The van der Waals surface area contributed by atoms with Crippen LogP contribution >= 0.6 is 0 Å². The molecule has 0 radical (unpaired) electrons. The standard InChI is InChI=1S/C16H16N2O/c1-2-18-11-15(12-6-4-3-5-7-12)14-10-13(17-19)8-9-16(14)18/h3-11,17,19H,2H2,1H3/p+1. The smallest absolute Gasteiger partial charge is 0.162 e. The van der Waals surface area contributed by atoms with Crippen LogP contribution < -0.4 is 5.48 Å². The van der Waals surface area contributed by atoms with Gasteiger partial charge >= 0.3 is 0 Å². The van der Waals surface area contributed by atoms with Gasteiger partial charge in [-0.2, -0.15) is 5.48 Å². The lowest BCUT2D eigenvalue weighted by molar-refractivity contribution is -0.825. The highest BCUT2D eigenvalue weighted by atomic mass is 16.5. The van der Waals surface area contributed by atoms with Gasteiger partial charge in [-0.15, -0.1) is 0 Å². The fourth-order valence-electron chi connectivity index (χ4n) is 2.50. The van der Waals surface area contributed by atoms with Gasteiger partial charge in [0.15, 0.2) is 5.69 Å². The van der Waals surface area contributed by atoms with Gasteiger partial charge in [0.2, 0.25) is 0 Å². The number of nitrogens with two attached hydrogens (primary N) is 1. The maximum atomic E-state index is 9.19. The summed E-state index contributed by atoms with van der Waals surface area (Å²) in [6.45, 7) is 3.08. The van der Waals surface area contributed by atoms with E-state index in [4.69, 9.17) is 0 Å². The molecule has 0 saturated carbocycles. The maximum absolute atomic E-state index is 9.19. The molecular formula is C16H17N2O+. The van der Waals surface area contributed by atoms with Crippen molar-refractivity contribution in [2.75, 3.05) is 0 Å². The Labute approximate surface area is 112 Å². The van der Waals surface area contributed by atoms with Gasteiger partial charge in [-0.05, 0) is 18.6 Å². The second kappa shape index (κ2) is 4.88. The first-order valence-corrected chi connectivity index (χ1v) is 6.49. The molecule has 0 fully saturated rings. The Morgan fingerprint density at radius 3 is 2.58 bits per heavy atom. The van der Waals surface area contributed by atoms with Crippen molar-refractivity contribution >= 4 is 16.6 Å². The van der Waals surface area contributed by atoms with Crippen LogP contribution in [-0.2, 0) is 6.54 Å².